The van der Waals surface area contributed by atoms with Crippen molar-refractivity contribution in [1.82, 2.24) is 4.90 Å². The highest BCUT2D eigenvalue weighted by atomic mass is 35.5. The lowest BCUT2D eigenvalue weighted by atomic mass is 10.1. The van der Waals surface area contributed by atoms with Crippen molar-refractivity contribution in [2.45, 2.75) is 11.4 Å². The number of thioether (sulfide) groups is 1. The number of hydrogen-bond donors (Lipinski definition) is 1. The fourth-order valence-corrected chi connectivity index (χ4v) is 5.88. The van der Waals surface area contributed by atoms with Crippen LogP contribution in [0.15, 0.2) is 18.2 Å². The van der Waals surface area contributed by atoms with Gasteiger partial charge in [0.15, 0.2) is 9.84 Å². The third-order valence-corrected chi connectivity index (χ3v) is 6.80. The van der Waals surface area contributed by atoms with Crippen molar-refractivity contribution in [2.24, 2.45) is 5.73 Å². The topological polar surface area (TPSA) is 63.4 Å². The Bertz CT molecular complexity index is 610. The van der Waals surface area contributed by atoms with Crippen LogP contribution in [0.5, 0.6) is 0 Å². The molecule has 0 amide bonds. The van der Waals surface area contributed by atoms with E-state index in [0.717, 1.165) is 11.3 Å². The second-order valence-electron chi connectivity index (χ2n) is 5.01. The van der Waals surface area contributed by atoms with E-state index in [4.69, 9.17) is 28.9 Å². The van der Waals surface area contributed by atoms with Gasteiger partial charge in [-0.15, -0.1) is 0 Å². The molecule has 4 nitrogen and oxygen atoms in total. The van der Waals surface area contributed by atoms with Crippen molar-refractivity contribution in [3.63, 3.8) is 0 Å². The van der Waals surface area contributed by atoms with E-state index < -0.39 is 15.2 Å². The predicted molar refractivity (Wildman–Crippen MR) is 90.9 cm³/mol. The fraction of sp³-hybridized carbons (Fsp3) is 0.538. The molecule has 1 aromatic rings. The number of halogens is 2. The number of benzene rings is 1. The van der Waals surface area contributed by atoms with Crippen molar-refractivity contribution < 1.29 is 8.42 Å². The summed E-state index contributed by atoms with van der Waals surface area (Å²) in [5.74, 6) is 1.42. The van der Waals surface area contributed by atoms with Gasteiger partial charge in [0.25, 0.3) is 0 Å². The molecule has 1 aliphatic rings. The van der Waals surface area contributed by atoms with E-state index in [2.05, 4.69) is 0 Å². The molecule has 1 aromatic carbocycles. The SMILES string of the molecule is CS(=O)(=O)C1CSCCN1C(CN)c1cc(Cl)ccc1Cl. The number of nitrogens with zero attached hydrogens (tertiary/aromatic N) is 1. The lowest BCUT2D eigenvalue weighted by Crippen LogP contribution is -2.50. The van der Waals surface area contributed by atoms with Gasteiger partial charge in [-0.25, -0.2) is 8.42 Å². The van der Waals surface area contributed by atoms with Crippen LogP contribution in [0.3, 0.4) is 0 Å². The average Bonchev–Trinajstić information content (AvgIpc) is 2.43. The highest BCUT2D eigenvalue weighted by Crippen LogP contribution is 2.34. The molecule has 1 saturated heterocycles. The Kier molecular flexibility index (Phi) is 5.84. The van der Waals surface area contributed by atoms with Crippen LogP contribution in [0.2, 0.25) is 10.0 Å². The molecule has 2 N–H and O–H groups in total. The Morgan fingerprint density at radius 2 is 2.19 bits per heavy atom. The summed E-state index contributed by atoms with van der Waals surface area (Å²) in [5, 5.41) is 0.579. The summed E-state index contributed by atoms with van der Waals surface area (Å²) in [6.07, 6.45) is 1.27. The minimum absolute atomic E-state index is 0.253. The molecule has 2 unspecified atom stereocenters. The fourth-order valence-electron chi connectivity index (χ4n) is 2.53. The summed E-state index contributed by atoms with van der Waals surface area (Å²) in [5.41, 5.74) is 6.70. The molecule has 1 heterocycles. The van der Waals surface area contributed by atoms with Crippen molar-refractivity contribution in [3.05, 3.63) is 33.8 Å². The highest BCUT2D eigenvalue weighted by Gasteiger charge is 2.36. The van der Waals surface area contributed by atoms with E-state index >= 15 is 0 Å². The van der Waals surface area contributed by atoms with Crippen LogP contribution in [0, 0.1) is 0 Å². The Labute approximate surface area is 139 Å². The Balaban J connectivity index is 2.41. The van der Waals surface area contributed by atoms with Gasteiger partial charge >= 0.3 is 0 Å². The van der Waals surface area contributed by atoms with Crippen molar-refractivity contribution in [1.29, 1.82) is 0 Å². The number of nitrogens with two attached hydrogens (primary N) is 1. The van der Waals surface area contributed by atoms with Gasteiger partial charge in [0.2, 0.25) is 0 Å². The summed E-state index contributed by atoms with van der Waals surface area (Å²) >= 11 is 13.9. The van der Waals surface area contributed by atoms with Gasteiger partial charge in [0.05, 0.1) is 0 Å². The van der Waals surface area contributed by atoms with Crippen LogP contribution in [0.25, 0.3) is 0 Å². The Morgan fingerprint density at radius 1 is 1.48 bits per heavy atom. The van der Waals surface area contributed by atoms with Gasteiger partial charge in [-0.3, -0.25) is 4.90 Å². The van der Waals surface area contributed by atoms with Crippen molar-refractivity contribution >= 4 is 44.8 Å². The lowest BCUT2D eigenvalue weighted by Gasteiger charge is -2.39. The van der Waals surface area contributed by atoms with Gasteiger partial charge in [-0.05, 0) is 23.8 Å². The van der Waals surface area contributed by atoms with Gasteiger partial charge in [-0.1, -0.05) is 23.2 Å². The van der Waals surface area contributed by atoms with E-state index in [9.17, 15) is 8.42 Å². The van der Waals surface area contributed by atoms with Crippen LogP contribution in [0.1, 0.15) is 11.6 Å². The van der Waals surface area contributed by atoms with E-state index in [1.165, 1.54) is 6.26 Å². The van der Waals surface area contributed by atoms with Crippen LogP contribution in [-0.4, -0.2) is 49.5 Å². The first-order chi connectivity index (χ1) is 9.84. The molecule has 2 atom stereocenters. The average molecular weight is 369 g/mol. The van der Waals surface area contributed by atoms with Crippen LogP contribution in [0.4, 0.5) is 0 Å². The Hall–Kier alpha value is 0.0200. The van der Waals surface area contributed by atoms with E-state index in [1.807, 2.05) is 4.90 Å². The zero-order chi connectivity index (χ0) is 15.6. The van der Waals surface area contributed by atoms with E-state index in [1.54, 1.807) is 30.0 Å². The second kappa shape index (κ2) is 7.06. The maximum atomic E-state index is 12.0. The van der Waals surface area contributed by atoms with Crippen molar-refractivity contribution in [2.75, 3.05) is 30.9 Å². The molecule has 1 aliphatic heterocycles. The first kappa shape index (κ1) is 17.4. The number of sulfone groups is 1. The molecule has 0 spiro atoms. The van der Waals surface area contributed by atoms with Gasteiger partial charge in [0.1, 0.15) is 5.37 Å². The standard InChI is InChI=1S/C13H18Cl2N2O2S2/c1-21(18,19)13-8-20-5-4-17(13)12(7-16)10-6-9(14)2-3-11(10)15/h2-3,6,12-13H,4-5,7-8,16H2,1H3. The van der Waals surface area contributed by atoms with Crippen molar-refractivity contribution in [3.8, 4) is 0 Å². The molecule has 118 valence electrons. The third-order valence-electron chi connectivity index (χ3n) is 3.56. The largest absolute Gasteiger partial charge is 0.329 e. The molecule has 8 heteroatoms. The summed E-state index contributed by atoms with van der Waals surface area (Å²) in [6.45, 7) is 0.948. The Morgan fingerprint density at radius 3 is 2.81 bits per heavy atom. The summed E-state index contributed by atoms with van der Waals surface area (Å²) in [6, 6.07) is 4.94. The number of hydrogen-bond acceptors (Lipinski definition) is 5. The molecule has 0 radical (unpaired) electrons. The van der Waals surface area contributed by atoms with E-state index in [0.29, 0.717) is 22.3 Å². The third kappa shape index (κ3) is 4.06. The summed E-state index contributed by atoms with van der Waals surface area (Å²) in [4.78, 5) is 1.93. The highest BCUT2D eigenvalue weighted by molar-refractivity contribution is 8.00. The van der Waals surface area contributed by atoms with Gasteiger partial charge in [-0.2, -0.15) is 11.8 Å². The zero-order valence-electron chi connectivity index (χ0n) is 11.6. The normalized spacial score (nSPS) is 22.2. The molecule has 2 rings (SSSR count). The monoisotopic (exact) mass is 368 g/mol. The van der Waals surface area contributed by atoms with Crippen LogP contribution >= 0.6 is 35.0 Å². The molecular weight excluding hydrogens is 351 g/mol. The first-order valence-corrected chi connectivity index (χ1v) is 10.4. The maximum Gasteiger partial charge on any atom is 0.164 e. The van der Waals surface area contributed by atoms with E-state index in [-0.39, 0.29) is 12.6 Å². The zero-order valence-corrected chi connectivity index (χ0v) is 14.8. The quantitative estimate of drug-likeness (QED) is 0.883. The molecule has 0 saturated carbocycles. The smallest absolute Gasteiger partial charge is 0.164 e. The van der Waals surface area contributed by atoms with Gasteiger partial charge < -0.3 is 5.73 Å². The van der Waals surface area contributed by atoms with Gasteiger partial charge in [0, 0.05) is 46.9 Å². The molecule has 1 fully saturated rings. The molecular formula is C13H18Cl2N2O2S2. The summed E-state index contributed by atoms with van der Waals surface area (Å²) in [7, 11) is -3.19. The van der Waals surface area contributed by atoms with Crippen LogP contribution in [-0.2, 0) is 9.84 Å². The summed E-state index contributed by atoms with van der Waals surface area (Å²) < 4.78 is 24.1. The minimum atomic E-state index is -3.19. The molecule has 0 bridgehead atoms. The lowest BCUT2D eigenvalue weighted by molar-refractivity contribution is 0.198. The molecule has 0 aromatic heterocycles. The maximum absolute atomic E-state index is 12.0. The second-order valence-corrected chi connectivity index (χ2v) is 9.21. The molecule has 0 aliphatic carbocycles. The minimum Gasteiger partial charge on any atom is -0.329 e. The number of rotatable bonds is 4. The first-order valence-electron chi connectivity index (χ1n) is 6.52. The van der Waals surface area contributed by atoms with Crippen LogP contribution < -0.4 is 5.73 Å². The molecule has 21 heavy (non-hydrogen) atoms. The predicted octanol–water partition coefficient (Wildman–Crippen LogP) is 2.41.